The standard InChI is InChI=1S/C15H20N4O3S/c1-18(2)14(20)10-23-15-17-16-13(19(15)3)9-22-12-7-5-11(21-4)6-8-12/h5-8H,9-10H2,1-4H3. The molecule has 0 N–H and O–H groups in total. The monoisotopic (exact) mass is 336 g/mol. The van der Waals surface area contributed by atoms with Gasteiger partial charge in [-0.05, 0) is 24.3 Å². The number of carbonyl (C=O) groups is 1. The molecule has 2 rings (SSSR count). The van der Waals surface area contributed by atoms with E-state index in [1.807, 2.05) is 35.9 Å². The van der Waals surface area contributed by atoms with Crippen molar-refractivity contribution >= 4 is 17.7 Å². The molecule has 1 aromatic carbocycles. The van der Waals surface area contributed by atoms with Crippen molar-refractivity contribution in [3.63, 3.8) is 0 Å². The molecule has 0 bridgehead atoms. The van der Waals surface area contributed by atoms with Gasteiger partial charge in [0.1, 0.15) is 18.1 Å². The highest BCUT2D eigenvalue weighted by Crippen LogP contribution is 2.19. The minimum absolute atomic E-state index is 0.0361. The Balaban J connectivity index is 1.92. The highest BCUT2D eigenvalue weighted by molar-refractivity contribution is 7.99. The van der Waals surface area contributed by atoms with Crippen molar-refractivity contribution in [1.82, 2.24) is 19.7 Å². The van der Waals surface area contributed by atoms with Gasteiger partial charge in [0, 0.05) is 21.1 Å². The third-order valence-corrected chi connectivity index (χ3v) is 4.18. The number of methoxy groups -OCH3 is 1. The van der Waals surface area contributed by atoms with Gasteiger partial charge in [0.15, 0.2) is 11.0 Å². The van der Waals surface area contributed by atoms with E-state index in [4.69, 9.17) is 9.47 Å². The molecular formula is C15H20N4O3S. The molecular weight excluding hydrogens is 316 g/mol. The van der Waals surface area contributed by atoms with Crippen molar-refractivity contribution in [3.05, 3.63) is 30.1 Å². The Morgan fingerprint density at radius 3 is 2.48 bits per heavy atom. The normalized spacial score (nSPS) is 10.4. The van der Waals surface area contributed by atoms with E-state index in [1.54, 1.807) is 26.1 Å². The summed E-state index contributed by atoms with van der Waals surface area (Å²) < 4.78 is 12.6. The lowest BCUT2D eigenvalue weighted by atomic mass is 10.3. The fourth-order valence-corrected chi connectivity index (χ4v) is 2.58. The summed E-state index contributed by atoms with van der Waals surface area (Å²) in [6.45, 7) is 0.304. The predicted molar refractivity (Wildman–Crippen MR) is 87.7 cm³/mol. The molecule has 0 aliphatic heterocycles. The molecule has 0 saturated heterocycles. The molecule has 124 valence electrons. The maximum absolute atomic E-state index is 11.6. The van der Waals surface area contributed by atoms with Crippen LogP contribution in [0.15, 0.2) is 29.4 Å². The highest BCUT2D eigenvalue weighted by atomic mass is 32.2. The zero-order valence-electron chi connectivity index (χ0n) is 13.6. The Kier molecular flexibility index (Phi) is 5.86. The first kappa shape index (κ1) is 17.1. The Hall–Kier alpha value is -2.22. The number of rotatable bonds is 7. The number of hydrogen-bond acceptors (Lipinski definition) is 6. The largest absolute Gasteiger partial charge is 0.497 e. The van der Waals surface area contributed by atoms with E-state index in [0.717, 1.165) is 11.5 Å². The number of carbonyl (C=O) groups excluding carboxylic acids is 1. The smallest absolute Gasteiger partial charge is 0.232 e. The molecule has 0 atom stereocenters. The summed E-state index contributed by atoms with van der Waals surface area (Å²) in [5, 5.41) is 8.89. The van der Waals surface area contributed by atoms with E-state index in [9.17, 15) is 4.79 Å². The van der Waals surface area contributed by atoms with Crippen molar-refractivity contribution in [2.45, 2.75) is 11.8 Å². The van der Waals surface area contributed by atoms with Crippen LogP contribution < -0.4 is 9.47 Å². The van der Waals surface area contributed by atoms with Gasteiger partial charge >= 0.3 is 0 Å². The van der Waals surface area contributed by atoms with Crippen molar-refractivity contribution in [2.24, 2.45) is 7.05 Å². The number of aromatic nitrogens is 3. The number of amides is 1. The van der Waals surface area contributed by atoms with E-state index in [1.165, 1.54) is 11.8 Å². The summed E-state index contributed by atoms with van der Waals surface area (Å²) in [4.78, 5) is 13.2. The van der Waals surface area contributed by atoms with Crippen molar-refractivity contribution < 1.29 is 14.3 Å². The summed E-state index contributed by atoms with van der Waals surface area (Å²) in [5.41, 5.74) is 0. The molecule has 0 aliphatic rings. The molecule has 1 aromatic heterocycles. The molecule has 1 heterocycles. The fraction of sp³-hybridized carbons (Fsp3) is 0.400. The molecule has 0 fully saturated rings. The number of benzene rings is 1. The first-order chi connectivity index (χ1) is 11.0. The van der Waals surface area contributed by atoms with E-state index in [2.05, 4.69) is 10.2 Å². The zero-order chi connectivity index (χ0) is 16.8. The van der Waals surface area contributed by atoms with Crippen LogP contribution in [0.25, 0.3) is 0 Å². The average molecular weight is 336 g/mol. The molecule has 0 aliphatic carbocycles. The minimum atomic E-state index is 0.0361. The van der Waals surface area contributed by atoms with Gasteiger partial charge in [-0.2, -0.15) is 0 Å². The number of thioether (sulfide) groups is 1. The SMILES string of the molecule is COc1ccc(OCc2nnc(SCC(=O)N(C)C)n2C)cc1. The maximum Gasteiger partial charge on any atom is 0.232 e. The molecule has 0 unspecified atom stereocenters. The van der Waals surface area contributed by atoms with Gasteiger partial charge in [-0.1, -0.05) is 11.8 Å². The maximum atomic E-state index is 11.6. The van der Waals surface area contributed by atoms with Gasteiger partial charge in [-0.25, -0.2) is 0 Å². The Morgan fingerprint density at radius 1 is 1.22 bits per heavy atom. The Bertz CT molecular complexity index is 655. The predicted octanol–water partition coefficient (Wildman–Crippen LogP) is 1.58. The molecule has 8 heteroatoms. The number of nitrogens with zero attached hydrogens (tertiary/aromatic N) is 4. The van der Waals surface area contributed by atoms with Crippen molar-refractivity contribution in [2.75, 3.05) is 27.0 Å². The molecule has 7 nitrogen and oxygen atoms in total. The fourth-order valence-electron chi connectivity index (χ4n) is 1.67. The second-order valence-electron chi connectivity index (χ2n) is 5.00. The summed E-state index contributed by atoms with van der Waals surface area (Å²) in [5.74, 6) is 2.57. The molecule has 0 radical (unpaired) electrons. The lowest BCUT2D eigenvalue weighted by molar-refractivity contribution is -0.125. The zero-order valence-corrected chi connectivity index (χ0v) is 14.5. The molecule has 0 spiro atoms. The van der Waals surface area contributed by atoms with Gasteiger partial charge in [0.25, 0.3) is 0 Å². The quantitative estimate of drug-likeness (QED) is 0.715. The van der Waals surface area contributed by atoms with Crippen LogP contribution in [0.3, 0.4) is 0 Å². The summed E-state index contributed by atoms with van der Waals surface area (Å²) in [6.07, 6.45) is 0. The van der Waals surface area contributed by atoms with Gasteiger partial charge in [-0.15, -0.1) is 10.2 Å². The van der Waals surface area contributed by atoms with Crippen LogP contribution in [-0.4, -0.2) is 52.5 Å². The van der Waals surface area contributed by atoms with E-state index >= 15 is 0 Å². The van der Waals surface area contributed by atoms with E-state index in [0.29, 0.717) is 23.3 Å². The highest BCUT2D eigenvalue weighted by Gasteiger charge is 2.12. The summed E-state index contributed by atoms with van der Waals surface area (Å²) >= 11 is 1.36. The van der Waals surface area contributed by atoms with Crippen LogP contribution in [0.4, 0.5) is 0 Å². The third-order valence-electron chi connectivity index (χ3n) is 3.18. The lowest BCUT2D eigenvalue weighted by Gasteiger charge is -2.09. The van der Waals surface area contributed by atoms with Crippen LogP contribution in [0.2, 0.25) is 0 Å². The van der Waals surface area contributed by atoms with Gasteiger partial charge in [0.2, 0.25) is 5.91 Å². The molecule has 2 aromatic rings. The van der Waals surface area contributed by atoms with Crippen LogP contribution in [0.1, 0.15) is 5.82 Å². The lowest BCUT2D eigenvalue weighted by Crippen LogP contribution is -2.23. The first-order valence-corrected chi connectivity index (χ1v) is 7.98. The van der Waals surface area contributed by atoms with E-state index in [-0.39, 0.29) is 5.91 Å². The first-order valence-electron chi connectivity index (χ1n) is 6.99. The second kappa shape index (κ2) is 7.87. The van der Waals surface area contributed by atoms with Gasteiger partial charge in [-0.3, -0.25) is 4.79 Å². The molecule has 1 amide bonds. The Morgan fingerprint density at radius 2 is 1.87 bits per heavy atom. The molecule has 0 saturated carbocycles. The average Bonchev–Trinajstić information content (AvgIpc) is 2.91. The summed E-state index contributed by atoms with van der Waals surface area (Å²) in [7, 11) is 6.94. The summed E-state index contributed by atoms with van der Waals surface area (Å²) in [6, 6.07) is 7.33. The van der Waals surface area contributed by atoms with Gasteiger partial charge in [0.05, 0.1) is 12.9 Å². The minimum Gasteiger partial charge on any atom is -0.497 e. The van der Waals surface area contributed by atoms with Gasteiger partial charge < -0.3 is 18.9 Å². The topological polar surface area (TPSA) is 69.5 Å². The van der Waals surface area contributed by atoms with Crippen LogP contribution >= 0.6 is 11.8 Å². The van der Waals surface area contributed by atoms with Crippen LogP contribution in [0.5, 0.6) is 11.5 Å². The van der Waals surface area contributed by atoms with Crippen molar-refractivity contribution in [3.8, 4) is 11.5 Å². The van der Waals surface area contributed by atoms with Crippen molar-refractivity contribution in [1.29, 1.82) is 0 Å². The number of ether oxygens (including phenoxy) is 2. The third kappa shape index (κ3) is 4.62. The van der Waals surface area contributed by atoms with Crippen LogP contribution in [-0.2, 0) is 18.4 Å². The second-order valence-corrected chi connectivity index (χ2v) is 5.94. The molecule has 23 heavy (non-hydrogen) atoms. The van der Waals surface area contributed by atoms with E-state index < -0.39 is 0 Å². The number of hydrogen-bond donors (Lipinski definition) is 0. The van der Waals surface area contributed by atoms with Crippen LogP contribution in [0, 0.1) is 0 Å². The Labute approximate surface area is 139 Å².